The zero-order valence-corrected chi connectivity index (χ0v) is 11.9. The summed E-state index contributed by atoms with van der Waals surface area (Å²) in [6, 6.07) is -0.370. The quantitative estimate of drug-likeness (QED) is 0.590. The van der Waals surface area contributed by atoms with Crippen molar-refractivity contribution in [1.82, 2.24) is 10.6 Å². The fraction of sp³-hybridized carbons (Fsp3) is 0.769. The van der Waals surface area contributed by atoms with Crippen LogP contribution in [0, 0.1) is 5.92 Å². The van der Waals surface area contributed by atoms with E-state index in [1.54, 1.807) is 13.8 Å². The van der Waals surface area contributed by atoms with Crippen molar-refractivity contribution in [2.45, 2.75) is 57.5 Å². The van der Waals surface area contributed by atoms with Crippen LogP contribution in [-0.2, 0) is 9.59 Å². The summed E-state index contributed by atoms with van der Waals surface area (Å²) in [4.78, 5) is 33.5. The lowest BCUT2D eigenvalue weighted by atomic mass is 9.86. The highest BCUT2D eigenvalue weighted by molar-refractivity contribution is 5.78. The first-order valence-corrected chi connectivity index (χ1v) is 6.79. The Balaban J connectivity index is 2.37. The van der Waals surface area contributed by atoms with Gasteiger partial charge in [-0.2, -0.15) is 0 Å². The van der Waals surface area contributed by atoms with E-state index in [4.69, 9.17) is 10.8 Å². The van der Waals surface area contributed by atoms with Crippen LogP contribution in [0.4, 0.5) is 4.79 Å². The molecule has 1 aliphatic carbocycles. The number of amides is 3. The van der Waals surface area contributed by atoms with Gasteiger partial charge in [-0.25, -0.2) is 4.79 Å². The molecule has 0 saturated heterocycles. The van der Waals surface area contributed by atoms with E-state index in [0.717, 1.165) is 0 Å². The van der Waals surface area contributed by atoms with Gasteiger partial charge in [-0.3, -0.25) is 9.59 Å². The van der Waals surface area contributed by atoms with E-state index in [1.165, 1.54) is 0 Å². The predicted octanol–water partition coefficient (Wildman–Crippen LogP) is 0.583. The number of carbonyl (C=O) groups excluding carboxylic acids is 2. The third-order valence-corrected chi connectivity index (χ3v) is 3.48. The van der Waals surface area contributed by atoms with Gasteiger partial charge in [0.15, 0.2) is 0 Å². The molecule has 0 atom stereocenters. The van der Waals surface area contributed by atoms with Crippen LogP contribution in [0.1, 0.15) is 46.0 Å². The number of primary amides is 1. The van der Waals surface area contributed by atoms with E-state index in [1.807, 2.05) is 0 Å². The van der Waals surface area contributed by atoms with Gasteiger partial charge in [0.25, 0.3) is 0 Å². The fourth-order valence-corrected chi connectivity index (χ4v) is 2.49. The lowest BCUT2D eigenvalue weighted by molar-refractivity contribution is -0.142. The largest absolute Gasteiger partial charge is 0.481 e. The summed E-state index contributed by atoms with van der Waals surface area (Å²) < 4.78 is 0. The van der Waals surface area contributed by atoms with E-state index < -0.39 is 17.4 Å². The maximum absolute atomic E-state index is 11.8. The Morgan fingerprint density at radius 1 is 1.20 bits per heavy atom. The normalized spacial score (nSPS) is 22.9. The number of aliphatic carboxylic acids is 1. The molecule has 5 N–H and O–H groups in total. The predicted molar refractivity (Wildman–Crippen MR) is 72.9 cm³/mol. The van der Waals surface area contributed by atoms with Gasteiger partial charge < -0.3 is 21.5 Å². The van der Waals surface area contributed by atoms with Crippen molar-refractivity contribution in [3.8, 4) is 0 Å². The van der Waals surface area contributed by atoms with Crippen molar-refractivity contribution in [2.75, 3.05) is 0 Å². The smallest absolute Gasteiger partial charge is 0.315 e. The van der Waals surface area contributed by atoms with Crippen LogP contribution >= 0.6 is 0 Å². The minimum atomic E-state index is -0.768. The summed E-state index contributed by atoms with van der Waals surface area (Å²) in [5.74, 6) is -1.55. The lowest BCUT2D eigenvalue weighted by Crippen LogP contribution is -2.52. The Morgan fingerprint density at radius 2 is 1.75 bits per heavy atom. The zero-order chi connectivity index (χ0) is 15.3. The van der Waals surface area contributed by atoms with Gasteiger partial charge in [0, 0.05) is 18.0 Å². The van der Waals surface area contributed by atoms with Crippen LogP contribution in [0.2, 0.25) is 0 Å². The molecule has 0 aromatic heterocycles. The van der Waals surface area contributed by atoms with Gasteiger partial charge in [-0.15, -0.1) is 0 Å². The monoisotopic (exact) mass is 285 g/mol. The van der Waals surface area contributed by atoms with Crippen molar-refractivity contribution >= 4 is 17.9 Å². The molecule has 114 valence electrons. The molecule has 1 rings (SSSR count). The van der Waals surface area contributed by atoms with Gasteiger partial charge in [-0.05, 0) is 39.5 Å². The summed E-state index contributed by atoms with van der Waals surface area (Å²) in [5.41, 5.74) is 4.42. The number of carboxylic acids is 1. The molecule has 0 unspecified atom stereocenters. The summed E-state index contributed by atoms with van der Waals surface area (Å²) >= 11 is 0. The van der Waals surface area contributed by atoms with E-state index in [-0.39, 0.29) is 24.4 Å². The maximum atomic E-state index is 11.8. The fourth-order valence-electron chi connectivity index (χ4n) is 2.49. The Bertz CT molecular complexity index is 387. The molecule has 0 bridgehead atoms. The number of carboxylic acid groups (broad SMARTS) is 1. The number of rotatable bonds is 5. The number of carbonyl (C=O) groups is 3. The first-order valence-electron chi connectivity index (χ1n) is 6.79. The van der Waals surface area contributed by atoms with E-state index in [0.29, 0.717) is 25.7 Å². The molecule has 7 nitrogen and oxygen atoms in total. The van der Waals surface area contributed by atoms with Gasteiger partial charge in [-0.1, -0.05) is 0 Å². The van der Waals surface area contributed by atoms with Crippen molar-refractivity contribution in [2.24, 2.45) is 11.7 Å². The van der Waals surface area contributed by atoms with E-state index in [9.17, 15) is 14.4 Å². The van der Waals surface area contributed by atoms with Crippen LogP contribution in [0.3, 0.4) is 0 Å². The van der Waals surface area contributed by atoms with Crippen molar-refractivity contribution < 1.29 is 19.5 Å². The summed E-state index contributed by atoms with van der Waals surface area (Å²) in [5, 5.41) is 14.4. The SMILES string of the molecule is CC(C)(CC(N)=O)NC(=O)NC1CCC(C(=O)O)CC1. The highest BCUT2D eigenvalue weighted by Gasteiger charge is 2.28. The first kappa shape index (κ1) is 16.3. The maximum Gasteiger partial charge on any atom is 0.315 e. The topological polar surface area (TPSA) is 122 Å². The summed E-state index contributed by atoms with van der Waals surface area (Å²) in [6.45, 7) is 3.44. The van der Waals surface area contributed by atoms with Crippen LogP contribution in [0.5, 0.6) is 0 Å². The third-order valence-electron chi connectivity index (χ3n) is 3.48. The molecule has 0 spiro atoms. The number of hydrogen-bond acceptors (Lipinski definition) is 3. The van der Waals surface area contributed by atoms with Crippen LogP contribution < -0.4 is 16.4 Å². The Hall–Kier alpha value is -1.79. The summed E-state index contributed by atoms with van der Waals surface area (Å²) in [6.07, 6.45) is 2.52. The highest BCUT2D eigenvalue weighted by Crippen LogP contribution is 2.24. The van der Waals surface area contributed by atoms with E-state index >= 15 is 0 Å². The molecule has 1 saturated carbocycles. The van der Waals surface area contributed by atoms with Crippen molar-refractivity contribution in [3.05, 3.63) is 0 Å². The van der Waals surface area contributed by atoms with Gasteiger partial charge in [0.1, 0.15) is 0 Å². The molecule has 0 aliphatic heterocycles. The molecule has 1 fully saturated rings. The van der Waals surface area contributed by atoms with Crippen LogP contribution in [0.15, 0.2) is 0 Å². The molecule has 7 heteroatoms. The van der Waals surface area contributed by atoms with Crippen LogP contribution in [-0.4, -0.2) is 34.6 Å². The molecule has 3 amide bonds. The van der Waals surface area contributed by atoms with E-state index in [2.05, 4.69) is 10.6 Å². The van der Waals surface area contributed by atoms with Gasteiger partial charge >= 0.3 is 12.0 Å². The summed E-state index contributed by atoms with van der Waals surface area (Å²) in [7, 11) is 0. The minimum absolute atomic E-state index is 0.0185. The molecule has 0 aromatic carbocycles. The van der Waals surface area contributed by atoms with Crippen molar-refractivity contribution in [1.29, 1.82) is 0 Å². The second-order valence-electron chi connectivity index (χ2n) is 6.01. The molecule has 1 aliphatic rings. The number of hydrogen-bond donors (Lipinski definition) is 4. The highest BCUT2D eigenvalue weighted by atomic mass is 16.4. The van der Waals surface area contributed by atoms with Gasteiger partial charge in [0.2, 0.25) is 5.91 Å². The molecular weight excluding hydrogens is 262 g/mol. The average Bonchev–Trinajstić information content (AvgIpc) is 2.26. The van der Waals surface area contributed by atoms with Crippen molar-refractivity contribution in [3.63, 3.8) is 0 Å². The standard InChI is InChI=1S/C13H23N3O4/c1-13(2,7-10(14)17)16-12(20)15-9-5-3-8(4-6-9)11(18)19/h8-9H,3-7H2,1-2H3,(H2,14,17)(H,18,19)(H2,15,16,20). The molecule has 0 radical (unpaired) electrons. The third kappa shape index (κ3) is 5.46. The Labute approximate surface area is 118 Å². The minimum Gasteiger partial charge on any atom is -0.481 e. The molecular formula is C13H23N3O4. The zero-order valence-electron chi connectivity index (χ0n) is 11.9. The lowest BCUT2D eigenvalue weighted by Gasteiger charge is -2.30. The second-order valence-corrected chi connectivity index (χ2v) is 6.01. The average molecular weight is 285 g/mol. The Kier molecular flexibility index (Phi) is 5.35. The van der Waals surface area contributed by atoms with Gasteiger partial charge in [0.05, 0.1) is 5.92 Å². The molecule has 20 heavy (non-hydrogen) atoms. The number of urea groups is 1. The first-order chi connectivity index (χ1) is 9.19. The number of nitrogens with two attached hydrogens (primary N) is 1. The second kappa shape index (κ2) is 6.58. The molecule has 0 aromatic rings. The van der Waals surface area contributed by atoms with Crippen LogP contribution in [0.25, 0.3) is 0 Å². The Morgan fingerprint density at radius 3 is 2.20 bits per heavy atom. The molecule has 0 heterocycles. The number of nitrogens with one attached hydrogen (secondary N) is 2.